The molecule has 0 spiro atoms. The van der Waals surface area contributed by atoms with Gasteiger partial charge in [-0.15, -0.1) is 0 Å². The van der Waals surface area contributed by atoms with Gasteiger partial charge in [-0.25, -0.2) is 4.39 Å². The van der Waals surface area contributed by atoms with Gasteiger partial charge >= 0.3 is 0 Å². The average Bonchev–Trinajstić information content (AvgIpc) is 3.24. The molecule has 3 rings (SSSR count). The summed E-state index contributed by atoms with van der Waals surface area (Å²) in [6, 6.07) is 8.35. The first-order valence-corrected chi connectivity index (χ1v) is 10.7. The van der Waals surface area contributed by atoms with Gasteiger partial charge in [0, 0.05) is 30.1 Å². The normalized spacial score (nSPS) is 17.7. The summed E-state index contributed by atoms with van der Waals surface area (Å²) in [6.07, 6.45) is 10.4. The van der Waals surface area contributed by atoms with Crippen LogP contribution in [0, 0.1) is 11.7 Å². The summed E-state index contributed by atoms with van der Waals surface area (Å²) >= 11 is 0. The molecule has 0 aliphatic heterocycles. The second-order valence-electron chi connectivity index (χ2n) is 9.17. The van der Waals surface area contributed by atoms with Gasteiger partial charge in [0.1, 0.15) is 11.6 Å². The lowest BCUT2D eigenvalue weighted by molar-refractivity contribution is -0.0389. The smallest absolute Gasteiger partial charge is 0.123 e. The number of benzene rings is 1. The van der Waals surface area contributed by atoms with E-state index in [1.807, 2.05) is 32.1 Å². The Morgan fingerprint density at radius 2 is 1.90 bits per heavy atom. The Morgan fingerprint density at radius 3 is 2.53 bits per heavy atom. The summed E-state index contributed by atoms with van der Waals surface area (Å²) in [5.74, 6) is 0.497. The number of methoxy groups -OCH3 is 1. The molecule has 1 heterocycles. The minimum atomic E-state index is -0.981. The van der Waals surface area contributed by atoms with Gasteiger partial charge < -0.3 is 15.6 Å². The monoisotopic (exact) mass is 412 g/mol. The van der Waals surface area contributed by atoms with Crippen LogP contribution in [0.4, 0.5) is 4.39 Å². The van der Waals surface area contributed by atoms with Crippen molar-refractivity contribution in [2.45, 2.75) is 63.4 Å². The van der Waals surface area contributed by atoms with Crippen LogP contribution >= 0.6 is 0 Å². The Morgan fingerprint density at radius 1 is 1.23 bits per heavy atom. The highest BCUT2D eigenvalue weighted by molar-refractivity contribution is 5.51. The lowest BCUT2D eigenvalue weighted by atomic mass is 9.68. The number of nitrogens with two attached hydrogens (primary N) is 1. The fourth-order valence-electron chi connectivity index (χ4n) is 4.96. The topological polar surface area (TPSA) is 68.4 Å². The summed E-state index contributed by atoms with van der Waals surface area (Å²) in [4.78, 5) is 4.03. The number of hydrogen-bond acceptors (Lipinski definition) is 4. The zero-order valence-corrected chi connectivity index (χ0v) is 18.2. The first kappa shape index (κ1) is 22.3. The van der Waals surface area contributed by atoms with Crippen molar-refractivity contribution in [1.29, 1.82) is 0 Å². The molecule has 0 saturated heterocycles. The zero-order valence-electron chi connectivity index (χ0n) is 18.2. The van der Waals surface area contributed by atoms with Gasteiger partial charge in [0.05, 0.1) is 12.7 Å². The van der Waals surface area contributed by atoms with E-state index in [1.54, 1.807) is 25.6 Å². The number of aliphatic hydroxyl groups is 1. The predicted molar refractivity (Wildman–Crippen MR) is 119 cm³/mol. The molecular weight excluding hydrogens is 379 g/mol. The van der Waals surface area contributed by atoms with Crippen LogP contribution in [0.25, 0.3) is 6.08 Å². The SMILES string of the molecule is COc1ccc(F)cc1C(C)(C)CC(O)(C/C(N)=C/c1ccncc1)C1CCCC1. The maximum atomic E-state index is 14.0. The Kier molecular flexibility index (Phi) is 6.81. The van der Waals surface area contributed by atoms with E-state index >= 15 is 0 Å². The molecule has 0 bridgehead atoms. The molecule has 0 radical (unpaired) electrons. The van der Waals surface area contributed by atoms with Gasteiger partial charge in [-0.2, -0.15) is 0 Å². The Balaban J connectivity index is 1.91. The molecule has 1 aromatic heterocycles. The third kappa shape index (κ3) is 5.20. The fourth-order valence-corrected chi connectivity index (χ4v) is 4.96. The van der Waals surface area contributed by atoms with Crippen LogP contribution in [-0.4, -0.2) is 22.8 Å². The molecule has 4 nitrogen and oxygen atoms in total. The maximum Gasteiger partial charge on any atom is 0.123 e. The average molecular weight is 413 g/mol. The van der Waals surface area contributed by atoms with E-state index in [0.717, 1.165) is 36.8 Å². The predicted octanol–water partition coefficient (Wildman–Crippen LogP) is 5.21. The molecular formula is C25H33FN2O2. The van der Waals surface area contributed by atoms with Crippen molar-refractivity contribution in [3.63, 3.8) is 0 Å². The number of hydrogen-bond donors (Lipinski definition) is 2. The van der Waals surface area contributed by atoms with E-state index in [2.05, 4.69) is 4.98 Å². The molecule has 3 N–H and O–H groups in total. The van der Waals surface area contributed by atoms with Crippen LogP contribution in [0.5, 0.6) is 5.75 Å². The molecule has 1 fully saturated rings. The van der Waals surface area contributed by atoms with E-state index in [9.17, 15) is 9.50 Å². The minimum Gasteiger partial charge on any atom is -0.496 e. The fraction of sp³-hybridized carbons (Fsp3) is 0.480. The van der Waals surface area contributed by atoms with Crippen LogP contribution in [0.15, 0.2) is 48.4 Å². The van der Waals surface area contributed by atoms with Crippen LogP contribution in [0.2, 0.25) is 0 Å². The standard InChI is InChI=1S/C25H33FN2O2/c1-24(2,22-15-20(26)8-9-23(22)30-3)17-25(29,19-6-4-5-7-19)16-21(27)14-18-10-12-28-13-11-18/h8-15,19,29H,4-7,16-17,27H2,1-3H3/b21-14-. The van der Waals surface area contributed by atoms with Crippen LogP contribution in [0.3, 0.4) is 0 Å². The number of pyridine rings is 1. The van der Waals surface area contributed by atoms with Gasteiger partial charge in [0.2, 0.25) is 0 Å². The summed E-state index contributed by atoms with van der Waals surface area (Å²) in [6.45, 7) is 4.07. The van der Waals surface area contributed by atoms with E-state index in [4.69, 9.17) is 10.5 Å². The van der Waals surface area contributed by atoms with Gasteiger partial charge in [-0.3, -0.25) is 4.98 Å². The number of aromatic nitrogens is 1. The van der Waals surface area contributed by atoms with Crippen molar-refractivity contribution < 1.29 is 14.2 Å². The molecule has 1 aromatic carbocycles. The molecule has 2 aromatic rings. The van der Waals surface area contributed by atoms with Crippen molar-refractivity contribution >= 4 is 6.08 Å². The summed E-state index contributed by atoms with van der Waals surface area (Å²) in [5.41, 5.74) is 7.27. The molecule has 162 valence electrons. The van der Waals surface area contributed by atoms with Crippen LogP contribution < -0.4 is 10.5 Å². The van der Waals surface area contributed by atoms with Crippen molar-refractivity contribution in [2.75, 3.05) is 7.11 Å². The van der Waals surface area contributed by atoms with E-state index in [0.29, 0.717) is 24.3 Å². The molecule has 1 aliphatic rings. The molecule has 30 heavy (non-hydrogen) atoms. The number of ether oxygens (including phenoxy) is 1. The third-order valence-corrected chi connectivity index (χ3v) is 6.32. The Hall–Kier alpha value is -2.40. The molecule has 0 amide bonds. The van der Waals surface area contributed by atoms with E-state index in [1.165, 1.54) is 12.1 Å². The first-order valence-electron chi connectivity index (χ1n) is 10.7. The molecule has 1 aliphatic carbocycles. The Labute approximate surface area is 179 Å². The van der Waals surface area contributed by atoms with E-state index < -0.39 is 11.0 Å². The number of halogens is 1. The second-order valence-corrected chi connectivity index (χ2v) is 9.17. The van der Waals surface area contributed by atoms with Crippen LogP contribution in [-0.2, 0) is 5.41 Å². The highest BCUT2D eigenvalue weighted by atomic mass is 19.1. The van der Waals surface area contributed by atoms with Gasteiger partial charge in [-0.1, -0.05) is 26.7 Å². The highest BCUT2D eigenvalue weighted by Crippen LogP contribution is 2.46. The number of rotatable bonds is 8. The van der Waals surface area contributed by atoms with Gasteiger partial charge in [0.15, 0.2) is 0 Å². The maximum absolute atomic E-state index is 14.0. The lowest BCUT2D eigenvalue weighted by Crippen LogP contribution is -2.43. The van der Waals surface area contributed by atoms with Crippen molar-refractivity contribution in [1.82, 2.24) is 4.98 Å². The van der Waals surface area contributed by atoms with E-state index in [-0.39, 0.29) is 11.7 Å². The summed E-state index contributed by atoms with van der Waals surface area (Å²) in [7, 11) is 1.59. The lowest BCUT2D eigenvalue weighted by Gasteiger charge is -2.41. The van der Waals surface area contributed by atoms with Crippen molar-refractivity contribution in [3.05, 3.63) is 65.4 Å². The van der Waals surface area contributed by atoms with Crippen molar-refractivity contribution in [2.24, 2.45) is 11.7 Å². The molecule has 1 atom stereocenters. The Bertz CT molecular complexity index is 876. The van der Waals surface area contributed by atoms with Gasteiger partial charge in [-0.05, 0) is 72.6 Å². The quantitative estimate of drug-likeness (QED) is 0.625. The summed E-state index contributed by atoms with van der Waals surface area (Å²) in [5, 5.41) is 11.9. The molecule has 1 saturated carbocycles. The molecule has 5 heteroatoms. The van der Waals surface area contributed by atoms with Crippen LogP contribution in [0.1, 0.15) is 63.5 Å². The summed E-state index contributed by atoms with van der Waals surface area (Å²) < 4.78 is 19.5. The highest BCUT2D eigenvalue weighted by Gasteiger charge is 2.43. The number of nitrogens with zero attached hydrogens (tertiary/aromatic N) is 1. The largest absolute Gasteiger partial charge is 0.496 e. The zero-order chi connectivity index (χ0) is 21.8. The second kappa shape index (κ2) is 9.17. The minimum absolute atomic E-state index is 0.167. The third-order valence-electron chi connectivity index (χ3n) is 6.32. The van der Waals surface area contributed by atoms with Gasteiger partial charge in [0.25, 0.3) is 0 Å². The first-order chi connectivity index (χ1) is 14.2. The molecule has 1 unspecified atom stereocenters. The van der Waals surface area contributed by atoms with Crippen molar-refractivity contribution in [3.8, 4) is 5.75 Å².